The third-order valence-corrected chi connectivity index (χ3v) is 5.05. The van der Waals surface area contributed by atoms with Crippen molar-refractivity contribution >= 4 is 33.0 Å². The van der Waals surface area contributed by atoms with Crippen LogP contribution in [0.1, 0.15) is 6.92 Å². The van der Waals surface area contributed by atoms with Gasteiger partial charge in [-0.3, -0.25) is 0 Å². The maximum Gasteiger partial charge on any atom is 0.156 e. The van der Waals surface area contributed by atoms with Gasteiger partial charge in [0.1, 0.15) is 12.7 Å². The van der Waals surface area contributed by atoms with Crippen LogP contribution in [0.3, 0.4) is 0 Å². The summed E-state index contributed by atoms with van der Waals surface area (Å²) in [5.41, 5.74) is 0. The summed E-state index contributed by atoms with van der Waals surface area (Å²) in [5, 5.41) is 13.4. The molecule has 0 aliphatic carbocycles. The van der Waals surface area contributed by atoms with E-state index in [-0.39, 0.29) is 24.7 Å². The van der Waals surface area contributed by atoms with Crippen LogP contribution in [0, 0.1) is 0 Å². The van der Waals surface area contributed by atoms with E-state index in [4.69, 9.17) is 27.9 Å². The molecule has 0 aliphatic heterocycles. The van der Waals surface area contributed by atoms with E-state index in [9.17, 15) is 13.5 Å². The van der Waals surface area contributed by atoms with E-state index < -0.39 is 15.9 Å². The molecular formula is C13H19Cl2NO4S. The van der Waals surface area contributed by atoms with Crippen LogP contribution in [-0.2, 0) is 9.84 Å². The van der Waals surface area contributed by atoms with Crippen molar-refractivity contribution in [1.29, 1.82) is 0 Å². The number of hydrogen-bond donors (Lipinski definition) is 2. The number of para-hydroxylation sites is 1. The van der Waals surface area contributed by atoms with Gasteiger partial charge in [-0.25, -0.2) is 8.42 Å². The lowest BCUT2D eigenvalue weighted by atomic mass is 10.3. The summed E-state index contributed by atoms with van der Waals surface area (Å²) >= 11 is 11.9. The molecule has 0 bridgehead atoms. The number of aliphatic hydroxyl groups excluding tert-OH is 1. The van der Waals surface area contributed by atoms with Gasteiger partial charge in [0.25, 0.3) is 0 Å². The Bertz CT molecular complexity index is 531. The first kappa shape index (κ1) is 18.5. The zero-order valence-electron chi connectivity index (χ0n) is 11.7. The maximum atomic E-state index is 11.3. The predicted octanol–water partition coefficient (Wildman–Crippen LogP) is 1.76. The third kappa shape index (κ3) is 6.84. The lowest BCUT2D eigenvalue weighted by Crippen LogP contribution is -2.34. The van der Waals surface area contributed by atoms with E-state index in [0.717, 1.165) is 0 Å². The highest BCUT2D eigenvalue weighted by atomic mass is 35.5. The van der Waals surface area contributed by atoms with Crippen molar-refractivity contribution in [1.82, 2.24) is 5.32 Å². The van der Waals surface area contributed by atoms with Crippen LogP contribution in [0.15, 0.2) is 18.2 Å². The van der Waals surface area contributed by atoms with E-state index in [1.165, 1.54) is 0 Å². The summed E-state index contributed by atoms with van der Waals surface area (Å²) in [4.78, 5) is 0. The van der Waals surface area contributed by atoms with Crippen LogP contribution in [0.2, 0.25) is 10.0 Å². The fourth-order valence-corrected chi connectivity index (χ4v) is 2.75. The van der Waals surface area contributed by atoms with Crippen LogP contribution in [0.25, 0.3) is 0 Å². The Labute approximate surface area is 135 Å². The smallest absolute Gasteiger partial charge is 0.156 e. The number of halogens is 2. The molecule has 8 heteroatoms. The van der Waals surface area contributed by atoms with Crippen molar-refractivity contribution in [2.24, 2.45) is 0 Å². The average molecular weight is 356 g/mol. The lowest BCUT2D eigenvalue weighted by molar-refractivity contribution is 0.107. The van der Waals surface area contributed by atoms with Gasteiger partial charge in [0.2, 0.25) is 0 Å². The molecule has 0 spiro atoms. The average Bonchev–Trinajstić information content (AvgIpc) is 2.43. The minimum absolute atomic E-state index is 0.0109. The van der Waals surface area contributed by atoms with E-state index >= 15 is 0 Å². The number of benzene rings is 1. The maximum absolute atomic E-state index is 11.3. The van der Waals surface area contributed by atoms with Crippen molar-refractivity contribution in [2.45, 2.75) is 13.0 Å². The van der Waals surface area contributed by atoms with Gasteiger partial charge < -0.3 is 15.2 Å². The summed E-state index contributed by atoms with van der Waals surface area (Å²) in [5.74, 6) is 0.493. The second kappa shape index (κ2) is 8.80. The van der Waals surface area contributed by atoms with Gasteiger partial charge in [-0.05, 0) is 12.1 Å². The molecule has 0 amide bonds. The van der Waals surface area contributed by atoms with Crippen LogP contribution >= 0.6 is 23.2 Å². The summed E-state index contributed by atoms with van der Waals surface area (Å²) in [7, 11) is -2.99. The summed E-state index contributed by atoms with van der Waals surface area (Å²) in [6.07, 6.45) is -0.790. The van der Waals surface area contributed by atoms with Gasteiger partial charge in [-0.15, -0.1) is 0 Å². The second-order valence-electron chi connectivity index (χ2n) is 4.46. The van der Waals surface area contributed by atoms with E-state index in [2.05, 4.69) is 5.32 Å². The standard InChI is InChI=1S/C13H19Cl2NO4S/c1-2-21(18,19)7-6-16-8-10(17)9-20-13-11(14)4-3-5-12(13)15/h3-5,10,16-17H,2,6-9H2,1H3. The molecule has 1 aromatic carbocycles. The number of rotatable bonds is 9. The molecule has 120 valence electrons. The van der Waals surface area contributed by atoms with Crippen LogP contribution in [-0.4, -0.2) is 50.8 Å². The Morgan fingerprint density at radius 3 is 2.52 bits per heavy atom. The molecule has 0 radical (unpaired) electrons. The van der Waals surface area contributed by atoms with Gasteiger partial charge in [-0.1, -0.05) is 36.2 Å². The summed E-state index contributed by atoms with van der Waals surface area (Å²) in [6, 6.07) is 4.98. The number of ether oxygens (including phenoxy) is 1. The van der Waals surface area contributed by atoms with Crippen LogP contribution in [0.4, 0.5) is 0 Å². The molecule has 1 aromatic rings. The fraction of sp³-hybridized carbons (Fsp3) is 0.538. The zero-order chi connectivity index (χ0) is 15.9. The van der Waals surface area contributed by atoms with E-state index in [1.54, 1.807) is 25.1 Å². The highest BCUT2D eigenvalue weighted by Crippen LogP contribution is 2.32. The number of nitrogens with one attached hydrogen (secondary N) is 1. The van der Waals surface area contributed by atoms with Crippen molar-refractivity contribution in [3.8, 4) is 5.75 Å². The zero-order valence-corrected chi connectivity index (χ0v) is 14.0. The Morgan fingerprint density at radius 1 is 1.33 bits per heavy atom. The molecule has 1 atom stereocenters. The minimum Gasteiger partial charge on any atom is -0.488 e. The first-order chi connectivity index (χ1) is 9.85. The molecule has 1 rings (SSSR count). The van der Waals surface area contributed by atoms with Crippen molar-refractivity contribution < 1.29 is 18.3 Å². The first-order valence-corrected chi connectivity index (χ1v) is 9.09. The molecule has 21 heavy (non-hydrogen) atoms. The molecule has 0 aliphatic rings. The predicted molar refractivity (Wildman–Crippen MR) is 85.2 cm³/mol. The molecule has 1 unspecified atom stereocenters. The lowest BCUT2D eigenvalue weighted by Gasteiger charge is -2.14. The van der Waals surface area contributed by atoms with Gasteiger partial charge in [0.15, 0.2) is 15.6 Å². The number of hydrogen-bond acceptors (Lipinski definition) is 5. The highest BCUT2D eigenvalue weighted by Gasteiger charge is 2.11. The third-order valence-electron chi connectivity index (χ3n) is 2.75. The number of aliphatic hydroxyl groups is 1. The normalized spacial score (nSPS) is 13.1. The monoisotopic (exact) mass is 355 g/mol. The molecular weight excluding hydrogens is 337 g/mol. The number of sulfone groups is 1. The fourth-order valence-electron chi connectivity index (χ4n) is 1.50. The summed E-state index contributed by atoms with van der Waals surface area (Å²) < 4.78 is 27.9. The quantitative estimate of drug-likeness (QED) is 0.660. The van der Waals surface area contributed by atoms with Gasteiger partial charge in [-0.2, -0.15) is 0 Å². The first-order valence-electron chi connectivity index (χ1n) is 6.51. The van der Waals surface area contributed by atoms with Crippen LogP contribution < -0.4 is 10.1 Å². The molecule has 0 heterocycles. The molecule has 5 nitrogen and oxygen atoms in total. The van der Waals surface area contributed by atoms with Crippen molar-refractivity contribution in [3.63, 3.8) is 0 Å². The SMILES string of the molecule is CCS(=O)(=O)CCNCC(O)COc1c(Cl)cccc1Cl. The van der Waals surface area contributed by atoms with Crippen LogP contribution in [0.5, 0.6) is 5.75 Å². The topological polar surface area (TPSA) is 75.6 Å². The van der Waals surface area contributed by atoms with E-state index in [1.807, 2.05) is 0 Å². The molecule has 2 N–H and O–H groups in total. The second-order valence-corrected chi connectivity index (χ2v) is 7.74. The van der Waals surface area contributed by atoms with Gasteiger partial charge in [0, 0.05) is 18.8 Å². The Hall–Kier alpha value is -0.530. The minimum atomic E-state index is -2.99. The molecule has 0 aromatic heterocycles. The largest absolute Gasteiger partial charge is 0.488 e. The molecule has 0 fully saturated rings. The van der Waals surface area contributed by atoms with Gasteiger partial charge >= 0.3 is 0 Å². The van der Waals surface area contributed by atoms with Crippen molar-refractivity contribution in [2.75, 3.05) is 31.2 Å². The Morgan fingerprint density at radius 2 is 1.95 bits per heavy atom. The summed E-state index contributed by atoms with van der Waals surface area (Å²) in [6.45, 7) is 2.13. The molecule has 0 saturated heterocycles. The van der Waals surface area contributed by atoms with Crippen molar-refractivity contribution in [3.05, 3.63) is 28.2 Å². The van der Waals surface area contributed by atoms with E-state index in [0.29, 0.717) is 22.3 Å². The Balaban J connectivity index is 2.30. The highest BCUT2D eigenvalue weighted by molar-refractivity contribution is 7.91. The Kier molecular flexibility index (Phi) is 7.76. The molecule has 0 saturated carbocycles. The van der Waals surface area contributed by atoms with Gasteiger partial charge in [0.05, 0.1) is 15.8 Å².